The van der Waals surface area contributed by atoms with Crippen LogP contribution in [0.1, 0.15) is 49.7 Å². The number of nitrogens with one attached hydrogen (secondary N) is 2. The molecule has 1 saturated heterocycles. The van der Waals surface area contributed by atoms with Crippen molar-refractivity contribution in [2.45, 2.75) is 57.5 Å². The summed E-state index contributed by atoms with van der Waals surface area (Å²) in [5.74, 6) is -1.56. The summed E-state index contributed by atoms with van der Waals surface area (Å²) in [4.78, 5) is 34.4. The van der Waals surface area contributed by atoms with E-state index in [9.17, 15) is 18.8 Å². The molecule has 1 aromatic rings. The highest BCUT2D eigenvalue weighted by Gasteiger charge is 2.37. The molecule has 7 heteroatoms. The number of carboxylic acids is 1. The van der Waals surface area contributed by atoms with Crippen molar-refractivity contribution >= 4 is 17.8 Å². The standard InChI is InChI=1S/C18H23FN2O4/c1-12-2-3-13(10-14(12)19)11-20-15(22)4-7-18(9-6-17(24)25)8-5-16(23)21-18/h2-3,10H,4-9,11H2,1H3,(H,20,22)(H,21,23)(H,24,25)/t18-/m0/s1. The van der Waals surface area contributed by atoms with Crippen LogP contribution >= 0.6 is 0 Å². The van der Waals surface area contributed by atoms with Crippen molar-refractivity contribution in [2.75, 3.05) is 0 Å². The molecule has 1 aromatic carbocycles. The van der Waals surface area contributed by atoms with E-state index >= 15 is 0 Å². The maximum absolute atomic E-state index is 13.5. The fourth-order valence-corrected chi connectivity index (χ4v) is 3.01. The van der Waals surface area contributed by atoms with Gasteiger partial charge in [-0.15, -0.1) is 0 Å². The maximum atomic E-state index is 13.5. The molecule has 2 rings (SSSR count). The van der Waals surface area contributed by atoms with E-state index in [1.54, 1.807) is 19.1 Å². The number of halogens is 1. The van der Waals surface area contributed by atoms with E-state index in [1.807, 2.05) is 0 Å². The summed E-state index contributed by atoms with van der Waals surface area (Å²) in [5, 5.41) is 14.4. The van der Waals surface area contributed by atoms with E-state index < -0.39 is 11.5 Å². The molecule has 0 unspecified atom stereocenters. The summed E-state index contributed by atoms with van der Waals surface area (Å²) in [6, 6.07) is 4.80. The Hall–Kier alpha value is -2.44. The van der Waals surface area contributed by atoms with Gasteiger partial charge in [0.1, 0.15) is 5.82 Å². The zero-order valence-electron chi connectivity index (χ0n) is 14.2. The Labute approximate surface area is 145 Å². The van der Waals surface area contributed by atoms with Gasteiger partial charge in [0.15, 0.2) is 0 Å². The molecular formula is C18H23FN2O4. The molecule has 136 valence electrons. The minimum absolute atomic E-state index is 0.0510. The second-order valence-electron chi connectivity index (χ2n) is 6.58. The largest absolute Gasteiger partial charge is 0.481 e. The van der Waals surface area contributed by atoms with Gasteiger partial charge in [0.05, 0.1) is 0 Å². The van der Waals surface area contributed by atoms with Crippen molar-refractivity contribution in [2.24, 2.45) is 0 Å². The topological polar surface area (TPSA) is 95.5 Å². The van der Waals surface area contributed by atoms with Crippen molar-refractivity contribution in [3.63, 3.8) is 0 Å². The summed E-state index contributed by atoms with van der Waals surface area (Å²) in [7, 11) is 0. The van der Waals surface area contributed by atoms with E-state index in [4.69, 9.17) is 5.11 Å². The molecule has 1 aliphatic heterocycles. The normalized spacial score (nSPS) is 19.5. The van der Waals surface area contributed by atoms with Crippen LogP contribution in [0.2, 0.25) is 0 Å². The van der Waals surface area contributed by atoms with E-state index in [0.29, 0.717) is 36.8 Å². The molecule has 0 aliphatic carbocycles. The molecule has 0 saturated carbocycles. The average molecular weight is 350 g/mol. The molecule has 0 bridgehead atoms. The van der Waals surface area contributed by atoms with Crippen LogP contribution in [0.5, 0.6) is 0 Å². The third kappa shape index (κ3) is 5.55. The Morgan fingerprint density at radius 2 is 2.04 bits per heavy atom. The van der Waals surface area contributed by atoms with Gasteiger partial charge >= 0.3 is 5.97 Å². The summed E-state index contributed by atoms with van der Waals surface area (Å²) < 4.78 is 13.5. The second-order valence-corrected chi connectivity index (χ2v) is 6.58. The highest BCUT2D eigenvalue weighted by molar-refractivity contribution is 5.80. The van der Waals surface area contributed by atoms with Gasteiger partial charge in [-0.25, -0.2) is 4.39 Å². The van der Waals surface area contributed by atoms with Crippen molar-refractivity contribution < 1.29 is 23.9 Å². The molecular weight excluding hydrogens is 327 g/mol. The Bertz CT molecular complexity index is 677. The maximum Gasteiger partial charge on any atom is 0.303 e. The summed E-state index contributed by atoms with van der Waals surface area (Å²) >= 11 is 0. The zero-order chi connectivity index (χ0) is 18.4. The first-order valence-corrected chi connectivity index (χ1v) is 8.34. The van der Waals surface area contributed by atoms with Crippen LogP contribution in [0.4, 0.5) is 4.39 Å². The van der Waals surface area contributed by atoms with E-state index in [-0.39, 0.29) is 37.0 Å². The number of carbonyl (C=O) groups excluding carboxylic acids is 2. The number of hydrogen-bond acceptors (Lipinski definition) is 3. The predicted molar refractivity (Wildman–Crippen MR) is 89.2 cm³/mol. The minimum Gasteiger partial charge on any atom is -0.481 e. The third-order valence-electron chi connectivity index (χ3n) is 4.61. The molecule has 2 amide bonds. The fourth-order valence-electron chi connectivity index (χ4n) is 3.01. The lowest BCUT2D eigenvalue weighted by atomic mass is 9.86. The molecule has 1 aliphatic rings. The Morgan fingerprint density at radius 3 is 2.64 bits per heavy atom. The van der Waals surface area contributed by atoms with Gasteiger partial charge in [0.2, 0.25) is 11.8 Å². The summed E-state index contributed by atoms with van der Waals surface area (Å²) in [6.07, 6.45) is 1.71. The van der Waals surface area contributed by atoms with Gasteiger partial charge in [0, 0.05) is 31.3 Å². The molecule has 1 atom stereocenters. The number of benzene rings is 1. The molecule has 1 heterocycles. The van der Waals surface area contributed by atoms with Crippen molar-refractivity contribution in [1.82, 2.24) is 10.6 Å². The molecule has 0 radical (unpaired) electrons. The Balaban J connectivity index is 1.85. The van der Waals surface area contributed by atoms with Crippen LogP contribution in [-0.2, 0) is 20.9 Å². The molecule has 25 heavy (non-hydrogen) atoms. The fraction of sp³-hybridized carbons (Fsp3) is 0.500. The van der Waals surface area contributed by atoms with E-state index in [2.05, 4.69) is 10.6 Å². The zero-order valence-corrected chi connectivity index (χ0v) is 14.2. The van der Waals surface area contributed by atoms with Crippen molar-refractivity contribution in [3.05, 3.63) is 35.1 Å². The van der Waals surface area contributed by atoms with Crippen molar-refractivity contribution in [3.8, 4) is 0 Å². The van der Waals surface area contributed by atoms with Gasteiger partial charge in [-0.2, -0.15) is 0 Å². The Kier molecular flexibility index (Phi) is 6.12. The molecule has 1 fully saturated rings. The predicted octanol–water partition coefficient (Wildman–Crippen LogP) is 2.04. The van der Waals surface area contributed by atoms with Crippen LogP contribution in [0, 0.1) is 12.7 Å². The first-order chi connectivity index (χ1) is 11.8. The lowest BCUT2D eigenvalue weighted by molar-refractivity contribution is -0.137. The van der Waals surface area contributed by atoms with Gasteiger partial charge in [0.25, 0.3) is 0 Å². The minimum atomic E-state index is -0.925. The van der Waals surface area contributed by atoms with Crippen LogP contribution in [0.15, 0.2) is 18.2 Å². The van der Waals surface area contributed by atoms with Crippen LogP contribution < -0.4 is 10.6 Å². The number of hydrogen-bond donors (Lipinski definition) is 3. The lowest BCUT2D eigenvalue weighted by Gasteiger charge is -2.28. The number of aryl methyl sites for hydroxylation is 1. The van der Waals surface area contributed by atoms with Gasteiger partial charge in [-0.3, -0.25) is 14.4 Å². The van der Waals surface area contributed by atoms with Gasteiger partial charge < -0.3 is 15.7 Å². The monoisotopic (exact) mass is 350 g/mol. The smallest absolute Gasteiger partial charge is 0.303 e. The summed E-state index contributed by atoms with van der Waals surface area (Å²) in [6.45, 7) is 1.90. The highest BCUT2D eigenvalue weighted by Crippen LogP contribution is 2.30. The SMILES string of the molecule is Cc1ccc(CNC(=O)CC[C@@]2(CCC(=O)O)CCC(=O)N2)cc1F. The molecule has 0 spiro atoms. The van der Waals surface area contributed by atoms with Gasteiger partial charge in [-0.1, -0.05) is 12.1 Å². The second kappa shape index (κ2) is 8.09. The third-order valence-corrected chi connectivity index (χ3v) is 4.61. The first-order valence-electron chi connectivity index (χ1n) is 8.34. The van der Waals surface area contributed by atoms with Crippen molar-refractivity contribution in [1.29, 1.82) is 0 Å². The number of carboxylic acid groups (broad SMARTS) is 1. The number of carbonyl (C=O) groups is 3. The Morgan fingerprint density at radius 1 is 1.32 bits per heavy atom. The molecule has 0 aromatic heterocycles. The highest BCUT2D eigenvalue weighted by atomic mass is 19.1. The number of aliphatic carboxylic acids is 1. The number of amides is 2. The van der Waals surface area contributed by atoms with Crippen LogP contribution in [-0.4, -0.2) is 28.4 Å². The molecule has 3 N–H and O–H groups in total. The molecule has 6 nitrogen and oxygen atoms in total. The van der Waals surface area contributed by atoms with Gasteiger partial charge in [-0.05, 0) is 43.4 Å². The first kappa shape index (κ1) is 18.9. The van der Waals surface area contributed by atoms with E-state index in [0.717, 1.165) is 0 Å². The lowest BCUT2D eigenvalue weighted by Crippen LogP contribution is -2.43. The van der Waals surface area contributed by atoms with E-state index in [1.165, 1.54) is 6.07 Å². The van der Waals surface area contributed by atoms with Crippen LogP contribution in [0.25, 0.3) is 0 Å². The van der Waals surface area contributed by atoms with Crippen LogP contribution in [0.3, 0.4) is 0 Å². The number of rotatable bonds is 8. The average Bonchev–Trinajstić information content (AvgIpc) is 2.94. The summed E-state index contributed by atoms with van der Waals surface area (Å²) in [5.41, 5.74) is 0.599. The quantitative estimate of drug-likeness (QED) is 0.669.